The van der Waals surface area contributed by atoms with Crippen molar-refractivity contribution in [3.63, 3.8) is 0 Å². The summed E-state index contributed by atoms with van der Waals surface area (Å²) in [5.41, 5.74) is 9.47. The molecule has 2 nitrogen and oxygen atoms in total. The van der Waals surface area contributed by atoms with Gasteiger partial charge in [0.05, 0.1) is 5.69 Å². The van der Waals surface area contributed by atoms with Gasteiger partial charge in [0.15, 0.2) is 0 Å². The number of nitrogens with zero attached hydrogens (tertiary/aromatic N) is 1. The maximum atomic E-state index is 13.0. The Hall–Kier alpha value is -1.94. The van der Waals surface area contributed by atoms with E-state index in [2.05, 4.69) is 0 Å². The molecule has 0 aliphatic carbocycles. The zero-order valence-electron chi connectivity index (χ0n) is 10.9. The Kier molecular flexibility index (Phi) is 3.81. The Morgan fingerprint density at radius 3 is 2.37 bits per heavy atom. The number of hydrogen-bond donors (Lipinski definition) is 1. The molecule has 0 aliphatic heterocycles. The Balaban J connectivity index is 2.48. The molecule has 0 unspecified atom stereocenters. The molecule has 0 fully saturated rings. The fourth-order valence-electron chi connectivity index (χ4n) is 1.93. The van der Waals surface area contributed by atoms with Gasteiger partial charge >= 0.3 is 0 Å². The highest BCUT2D eigenvalue weighted by atomic mass is 32.1. The van der Waals surface area contributed by atoms with Crippen LogP contribution in [0, 0.1) is 12.7 Å². The summed E-state index contributed by atoms with van der Waals surface area (Å²) in [5, 5.41) is 0. The first-order chi connectivity index (χ1) is 8.99. The van der Waals surface area contributed by atoms with Crippen LogP contribution < -0.4 is 10.6 Å². The number of halogens is 1. The van der Waals surface area contributed by atoms with E-state index in [9.17, 15) is 4.39 Å². The van der Waals surface area contributed by atoms with Crippen LogP contribution in [0.3, 0.4) is 0 Å². The third-order valence-corrected chi connectivity index (χ3v) is 3.21. The molecule has 0 bridgehead atoms. The van der Waals surface area contributed by atoms with Gasteiger partial charge in [-0.25, -0.2) is 4.39 Å². The first-order valence-electron chi connectivity index (χ1n) is 5.89. The Labute approximate surface area is 117 Å². The quantitative estimate of drug-likeness (QED) is 0.868. The van der Waals surface area contributed by atoms with Gasteiger partial charge in [-0.3, -0.25) is 0 Å². The van der Waals surface area contributed by atoms with Gasteiger partial charge < -0.3 is 10.6 Å². The van der Waals surface area contributed by atoms with Gasteiger partial charge in [-0.2, -0.15) is 0 Å². The molecular formula is C15H15FN2S. The normalized spacial score (nSPS) is 10.3. The predicted octanol–water partition coefficient (Wildman–Crippen LogP) is 3.54. The topological polar surface area (TPSA) is 29.3 Å². The average molecular weight is 274 g/mol. The summed E-state index contributed by atoms with van der Waals surface area (Å²) in [7, 11) is 1.91. The third kappa shape index (κ3) is 2.90. The van der Waals surface area contributed by atoms with E-state index in [0.717, 1.165) is 22.5 Å². The molecule has 0 aliphatic rings. The van der Waals surface area contributed by atoms with Gasteiger partial charge in [0.2, 0.25) is 0 Å². The molecule has 0 amide bonds. The molecule has 0 heterocycles. The lowest BCUT2D eigenvalue weighted by Gasteiger charge is -2.23. The van der Waals surface area contributed by atoms with Gasteiger partial charge in [0.25, 0.3) is 0 Å². The van der Waals surface area contributed by atoms with Crippen LogP contribution in [0.4, 0.5) is 15.8 Å². The second-order valence-corrected chi connectivity index (χ2v) is 4.86. The maximum absolute atomic E-state index is 13.0. The molecule has 19 heavy (non-hydrogen) atoms. The van der Waals surface area contributed by atoms with Crippen molar-refractivity contribution < 1.29 is 4.39 Å². The molecule has 0 aromatic heterocycles. The van der Waals surface area contributed by atoms with Gasteiger partial charge in [-0.1, -0.05) is 18.3 Å². The summed E-state index contributed by atoms with van der Waals surface area (Å²) in [6, 6.07) is 12.2. The molecule has 0 saturated heterocycles. The van der Waals surface area contributed by atoms with Crippen LogP contribution in [0.2, 0.25) is 0 Å². The van der Waals surface area contributed by atoms with Crippen LogP contribution in [-0.2, 0) is 0 Å². The van der Waals surface area contributed by atoms with Gasteiger partial charge in [0.1, 0.15) is 10.8 Å². The van der Waals surface area contributed by atoms with E-state index in [1.165, 1.54) is 12.1 Å². The van der Waals surface area contributed by atoms with Crippen molar-refractivity contribution in [2.45, 2.75) is 6.92 Å². The Morgan fingerprint density at radius 2 is 1.79 bits per heavy atom. The van der Waals surface area contributed by atoms with Crippen LogP contribution in [0.5, 0.6) is 0 Å². The summed E-state index contributed by atoms with van der Waals surface area (Å²) >= 11 is 5.07. The van der Waals surface area contributed by atoms with Crippen LogP contribution in [0.25, 0.3) is 0 Å². The minimum atomic E-state index is -0.254. The van der Waals surface area contributed by atoms with Crippen molar-refractivity contribution in [2.75, 3.05) is 11.9 Å². The van der Waals surface area contributed by atoms with Crippen LogP contribution in [0.15, 0.2) is 42.5 Å². The molecule has 98 valence electrons. The lowest BCUT2D eigenvalue weighted by molar-refractivity contribution is 0.628. The van der Waals surface area contributed by atoms with Crippen LogP contribution in [0.1, 0.15) is 11.1 Å². The second kappa shape index (κ2) is 5.36. The highest BCUT2D eigenvalue weighted by Crippen LogP contribution is 2.28. The maximum Gasteiger partial charge on any atom is 0.123 e. The fraction of sp³-hybridized carbons (Fsp3) is 0.133. The van der Waals surface area contributed by atoms with Crippen molar-refractivity contribution in [1.29, 1.82) is 0 Å². The number of thiocarbonyl (C=S) groups is 1. The largest absolute Gasteiger partial charge is 0.389 e. The fourth-order valence-corrected chi connectivity index (χ4v) is 2.10. The molecule has 0 saturated carbocycles. The van der Waals surface area contributed by atoms with Gasteiger partial charge in [0, 0.05) is 18.3 Å². The first kappa shape index (κ1) is 13.5. The zero-order chi connectivity index (χ0) is 14.0. The smallest absolute Gasteiger partial charge is 0.123 e. The van der Waals surface area contributed by atoms with E-state index < -0.39 is 0 Å². The molecule has 0 radical (unpaired) electrons. The summed E-state index contributed by atoms with van der Waals surface area (Å²) in [4.78, 5) is 2.30. The van der Waals surface area contributed by atoms with E-state index in [1.807, 2.05) is 37.1 Å². The highest BCUT2D eigenvalue weighted by molar-refractivity contribution is 7.80. The Morgan fingerprint density at radius 1 is 1.16 bits per heavy atom. The van der Waals surface area contributed by atoms with Crippen LogP contribution in [-0.4, -0.2) is 12.0 Å². The molecule has 2 N–H and O–H groups in total. The first-order valence-corrected chi connectivity index (χ1v) is 6.29. The van der Waals surface area contributed by atoms with Crippen molar-refractivity contribution in [3.05, 3.63) is 59.4 Å². The highest BCUT2D eigenvalue weighted by Gasteiger charge is 2.11. The number of benzene rings is 2. The third-order valence-electron chi connectivity index (χ3n) is 2.99. The minimum absolute atomic E-state index is 0.254. The zero-order valence-corrected chi connectivity index (χ0v) is 11.7. The van der Waals surface area contributed by atoms with E-state index in [1.54, 1.807) is 12.1 Å². The standard InChI is InChI=1S/C15H15FN2S/c1-10-3-8-13(15(17)19)14(9-10)18(2)12-6-4-11(16)5-7-12/h3-9H,1-2H3,(H2,17,19). The average Bonchev–Trinajstić information content (AvgIpc) is 2.38. The van der Waals surface area contributed by atoms with E-state index in [-0.39, 0.29) is 5.82 Å². The summed E-state index contributed by atoms with van der Waals surface area (Å²) < 4.78 is 13.0. The second-order valence-electron chi connectivity index (χ2n) is 4.42. The van der Waals surface area contributed by atoms with Crippen LogP contribution >= 0.6 is 12.2 Å². The molecule has 0 atom stereocenters. The molecule has 0 spiro atoms. The number of nitrogens with two attached hydrogens (primary N) is 1. The van der Waals surface area contributed by atoms with Crippen molar-refractivity contribution in [1.82, 2.24) is 0 Å². The van der Waals surface area contributed by atoms with E-state index in [4.69, 9.17) is 18.0 Å². The summed E-state index contributed by atoms with van der Waals surface area (Å²) in [6.45, 7) is 2.01. The van der Waals surface area contributed by atoms with Gasteiger partial charge in [-0.15, -0.1) is 0 Å². The Bertz CT molecular complexity index is 608. The van der Waals surface area contributed by atoms with E-state index in [0.29, 0.717) is 4.99 Å². The predicted molar refractivity (Wildman–Crippen MR) is 81.5 cm³/mol. The number of rotatable bonds is 3. The summed E-state index contributed by atoms with van der Waals surface area (Å²) in [6.07, 6.45) is 0. The number of aryl methyl sites for hydroxylation is 1. The van der Waals surface area contributed by atoms with Crippen molar-refractivity contribution >= 4 is 28.6 Å². The lowest BCUT2D eigenvalue weighted by Crippen LogP contribution is -2.18. The number of hydrogen-bond acceptors (Lipinski definition) is 2. The molecule has 2 aromatic carbocycles. The monoisotopic (exact) mass is 274 g/mol. The molecule has 2 aromatic rings. The molecular weight excluding hydrogens is 259 g/mol. The van der Waals surface area contributed by atoms with Crippen molar-refractivity contribution in [3.8, 4) is 0 Å². The summed E-state index contributed by atoms with van der Waals surface area (Å²) in [5.74, 6) is -0.254. The van der Waals surface area contributed by atoms with E-state index >= 15 is 0 Å². The minimum Gasteiger partial charge on any atom is -0.389 e. The van der Waals surface area contributed by atoms with Crippen molar-refractivity contribution in [2.24, 2.45) is 5.73 Å². The molecule has 2 rings (SSSR count). The number of anilines is 2. The lowest BCUT2D eigenvalue weighted by atomic mass is 10.1. The molecule has 4 heteroatoms. The van der Waals surface area contributed by atoms with Gasteiger partial charge in [-0.05, 0) is 48.9 Å². The SMILES string of the molecule is Cc1ccc(C(N)=S)c(N(C)c2ccc(F)cc2)c1.